The molecule has 0 unspecified atom stereocenters. The van der Waals surface area contributed by atoms with Crippen molar-refractivity contribution in [2.75, 3.05) is 31.1 Å². The van der Waals surface area contributed by atoms with Gasteiger partial charge in [-0.3, -0.25) is 9.88 Å². The summed E-state index contributed by atoms with van der Waals surface area (Å²) in [7, 11) is 0. The monoisotopic (exact) mass is 429 g/mol. The molecule has 1 saturated heterocycles. The lowest BCUT2D eigenvalue weighted by Crippen LogP contribution is -2.47. The minimum absolute atomic E-state index is 0.201. The molecule has 1 aliphatic rings. The lowest BCUT2D eigenvalue weighted by molar-refractivity contribution is 0.198. The Bertz CT molecular complexity index is 1210. The lowest BCUT2D eigenvalue weighted by atomic mass is 10.1. The minimum Gasteiger partial charge on any atom is -0.439 e. The van der Waals surface area contributed by atoms with Gasteiger partial charge >= 0.3 is 0 Å². The molecule has 4 aromatic rings. The largest absolute Gasteiger partial charge is 0.439 e. The molecule has 5 rings (SSSR count). The van der Waals surface area contributed by atoms with Crippen molar-refractivity contribution in [3.8, 4) is 11.6 Å². The second-order valence-electron chi connectivity index (χ2n) is 7.95. The van der Waals surface area contributed by atoms with E-state index in [1.807, 2.05) is 48.7 Å². The molecule has 0 saturated carbocycles. The van der Waals surface area contributed by atoms with Crippen LogP contribution in [0.2, 0.25) is 0 Å². The quantitative estimate of drug-likeness (QED) is 0.453. The highest BCUT2D eigenvalue weighted by molar-refractivity contribution is 5.82. The number of fused-ring (bicyclic) bond motifs is 1. The zero-order valence-electron chi connectivity index (χ0n) is 17.9. The summed E-state index contributed by atoms with van der Waals surface area (Å²) in [5.74, 6) is 1.90. The first kappa shape index (κ1) is 20.3. The van der Waals surface area contributed by atoms with E-state index in [1.54, 1.807) is 12.5 Å². The van der Waals surface area contributed by atoms with Crippen molar-refractivity contribution in [3.05, 3.63) is 84.7 Å². The second-order valence-corrected chi connectivity index (χ2v) is 7.95. The van der Waals surface area contributed by atoms with Crippen LogP contribution in [-0.4, -0.2) is 46.0 Å². The van der Waals surface area contributed by atoms with E-state index in [4.69, 9.17) is 4.74 Å². The number of hydrogen-bond donors (Lipinski definition) is 0. The van der Waals surface area contributed by atoms with Gasteiger partial charge < -0.3 is 9.64 Å². The molecular weight excluding hydrogens is 405 g/mol. The van der Waals surface area contributed by atoms with Crippen LogP contribution in [0.4, 0.5) is 10.2 Å². The Hall–Kier alpha value is -3.58. The molecule has 1 atom stereocenters. The highest BCUT2D eigenvalue weighted by Gasteiger charge is 2.23. The first-order chi connectivity index (χ1) is 15.7. The third-order valence-corrected chi connectivity index (χ3v) is 6.00. The van der Waals surface area contributed by atoms with Crippen molar-refractivity contribution in [3.63, 3.8) is 0 Å². The number of benzene rings is 2. The maximum Gasteiger partial charge on any atom is 0.224 e. The van der Waals surface area contributed by atoms with E-state index in [1.165, 1.54) is 12.1 Å². The molecule has 32 heavy (non-hydrogen) atoms. The van der Waals surface area contributed by atoms with E-state index in [0.717, 1.165) is 54.1 Å². The van der Waals surface area contributed by atoms with Crippen LogP contribution >= 0.6 is 0 Å². The van der Waals surface area contributed by atoms with Gasteiger partial charge in [0.05, 0.1) is 0 Å². The molecule has 1 aliphatic heterocycles. The number of halogens is 1. The van der Waals surface area contributed by atoms with Crippen LogP contribution in [0.25, 0.3) is 10.8 Å². The summed E-state index contributed by atoms with van der Waals surface area (Å²) in [6.45, 7) is 5.67. The summed E-state index contributed by atoms with van der Waals surface area (Å²) < 4.78 is 19.2. The Kier molecular flexibility index (Phi) is 5.64. The molecule has 0 amide bonds. The van der Waals surface area contributed by atoms with Gasteiger partial charge in [0.15, 0.2) is 0 Å². The van der Waals surface area contributed by atoms with E-state index in [2.05, 4.69) is 31.7 Å². The molecule has 7 heteroatoms. The van der Waals surface area contributed by atoms with Crippen LogP contribution < -0.4 is 9.64 Å². The second kappa shape index (κ2) is 8.88. The van der Waals surface area contributed by atoms with Gasteiger partial charge in [0.1, 0.15) is 23.7 Å². The molecule has 0 bridgehead atoms. The van der Waals surface area contributed by atoms with Crippen molar-refractivity contribution in [1.82, 2.24) is 19.9 Å². The third-order valence-electron chi connectivity index (χ3n) is 6.00. The number of ether oxygens (including phenoxy) is 1. The molecule has 6 nitrogen and oxygen atoms in total. The topological polar surface area (TPSA) is 54.4 Å². The van der Waals surface area contributed by atoms with Gasteiger partial charge in [-0.2, -0.15) is 0 Å². The molecule has 0 spiro atoms. The average Bonchev–Trinajstić information content (AvgIpc) is 2.84. The fourth-order valence-corrected chi connectivity index (χ4v) is 4.09. The van der Waals surface area contributed by atoms with Crippen LogP contribution in [0.5, 0.6) is 11.6 Å². The van der Waals surface area contributed by atoms with Gasteiger partial charge in [0.25, 0.3) is 0 Å². The van der Waals surface area contributed by atoms with Crippen molar-refractivity contribution in [2.24, 2.45) is 0 Å². The Labute approximate surface area is 186 Å². The zero-order chi connectivity index (χ0) is 21.9. The summed E-state index contributed by atoms with van der Waals surface area (Å²) in [5, 5.41) is 2.13. The van der Waals surface area contributed by atoms with Crippen LogP contribution in [-0.2, 0) is 0 Å². The van der Waals surface area contributed by atoms with E-state index >= 15 is 0 Å². The fourth-order valence-electron chi connectivity index (χ4n) is 4.09. The maximum atomic E-state index is 13.2. The van der Waals surface area contributed by atoms with Gasteiger partial charge in [0.2, 0.25) is 5.88 Å². The Morgan fingerprint density at radius 1 is 0.906 bits per heavy atom. The summed E-state index contributed by atoms with van der Waals surface area (Å²) in [6, 6.07) is 16.7. The highest BCUT2D eigenvalue weighted by Crippen LogP contribution is 2.27. The van der Waals surface area contributed by atoms with E-state index in [-0.39, 0.29) is 11.9 Å². The average molecular weight is 429 g/mol. The third kappa shape index (κ3) is 4.38. The molecule has 0 aliphatic carbocycles. The summed E-state index contributed by atoms with van der Waals surface area (Å²) >= 11 is 0. The lowest BCUT2D eigenvalue weighted by Gasteiger charge is -2.38. The van der Waals surface area contributed by atoms with Crippen LogP contribution in [0.1, 0.15) is 18.5 Å². The number of pyridine rings is 1. The fraction of sp³-hybridized carbons (Fsp3) is 0.240. The number of aromatic nitrogens is 3. The van der Waals surface area contributed by atoms with E-state index in [0.29, 0.717) is 5.88 Å². The van der Waals surface area contributed by atoms with Crippen LogP contribution in [0, 0.1) is 5.82 Å². The molecular formula is C25H24FN5O. The minimum atomic E-state index is -0.201. The van der Waals surface area contributed by atoms with Crippen molar-refractivity contribution >= 4 is 16.6 Å². The summed E-state index contributed by atoms with van der Waals surface area (Å²) in [4.78, 5) is 17.5. The molecule has 2 aromatic carbocycles. The van der Waals surface area contributed by atoms with E-state index < -0.39 is 0 Å². The van der Waals surface area contributed by atoms with Crippen LogP contribution in [0.3, 0.4) is 0 Å². The molecule has 0 radical (unpaired) electrons. The predicted octanol–water partition coefficient (Wildman–Crippen LogP) is 4.84. The molecule has 0 N–H and O–H groups in total. The smallest absolute Gasteiger partial charge is 0.224 e. The molecule has 3 heterocycles. The van der Waals surface area contributed by atoms with Crippen molar-refractivity contribution in [2.45, 2.75) is 13.0 Å². The maximum absolute atomic E-state index is 13.2. The number of hydrogen-bond acceptors (Lipinski definition) is 6. The van der Waals surface area contributed by atoms with Gasteiger partial charge in [-0.05, 0) is 54.3 Å². The zero-order valence-corrected chi connectivity index (χ0v) is 17.9. The van der Waals surface area contributed by atoms with Crippen LogP contribution in [0.15, 0.2) is 73.3 Å². The van der Waals surface area contributed by atoms with E-state index in [9.17, 15) is 4.39 Å². The van der Waals surface area contributed by atoms with Gasteiger partial charge in [0, 0.05) is 56.1 Å². The summed E-state index contributed by atoms with van der Waals surface area (Å²) in [5.41, 5.74) is 1.13. The van der Waals surface area contributed by atoms with Crippen molar-refractivity contribution in [1.29, 1.82) is 0 Å². The van der Waals surface area contributed by atoms with Gasteiger partial charge in [-0.1, -0.05) is 12.1 Å². The SMILES string of the molecule is C[C@@H](c1ccc(F)cc1)N1CCN(c2cc(Oc3ccc4cnccc4c3)ncn2)CC1. The number of nitrogens with zero attached hydrogens (tertiary/aromatic N) is 5. The first-order valence-electron chi connectivity index (χ1n) is 10.7. The van der Waals surface area contributed by atoms with Crippen molar-refractivity contribution < 1.29 is 9.13 Å². The predicted molar refractivity (Wildman–Crippen MR) is 122 cm³/mol. The number of anilines is 1. The molecule has 2 aromatic heterocycles. The Morgan fingerprint density at radius 2 is 1.72 bits per heavy atom. The van der Waals surface area contributed by atoms with Gasteiger partial charge in [-0.15, -0.1) is 0 Å². The van der Waals surface area contributed by atoms with Gasteiger partial charge in [-0.25, -0.2) is 14.4 Å². The first-order valence-corrected chi connectivity index (χ1v) is 10.7. The number of piperazine rings is 1. The molecule has 162 valence electrons. The number of rotatable bonds is 5. The standard InChI is InChI=1S/C25H24FN5O/c1-18(19-2-5-22(26)6-3-19)30-10-12-31(13-11-30)24-15-25(29-17-28-24)32-23-7-4-21-16-27-9-8-20(21)14-23/h2-9,14-18H,10-13H2,1H3/t18-/m0/s1. The normalized spacial score (nSPS) is 15.6. The Balaban J connectivity index is 1.24. The highest BCUT2D eigenvalue weighted by atomic mass is 19.1. The Morgan fingerprint density at radius 3 is 2.53 bits per heavy atom. The molecule has 1 fully saturated rings. The summed E-state index contributed by atoms with van der Waals surface area (Å²) in [6.07, 6.45) is 5.15.